The van der Waals surface area contributed by atoms with E-state index in [2.05, 4.69) is 35.5 Å². The molecule has 0 unspecified atom stereocenters. The van der Waals surface area contributed by atoms with E-state index < -0.39 is 0 Å². The van der Waals surface area contributed by atoms with Gasteiger partial charge in [0.05, 0.1) is 0 Å². The first-order valence-electron chi connectivity index (χ1n) is 7.00. The van der Waals surface area contributed by atoms with Gasteiger partial charge in [-0.3, -0.25) is 0 Å². The molecule has 1 aliphatic heterocycles. The van der Waals surface area contributed by atoms with Crippen molar-refractivity contribution in [2.24, 2.45) is 0 Å². The van der Waals surface area contributed by atoms with Crippen molar-refractivity contribution in [1.82, 2.24) is 0 Å². The number of aryl methyl sites for hydroxylation is 1. The van der Waals surface area contributed by atoms with Crippen molar-refractivity contribution in [3.63, 3.8) is 0 Å². The predicted molar refractivity (Wildman–Crippen MR) is 83.6 cm³/mol. The summed E-state index contributed by atoms with van der Waals surface area (Å²) in [6.07, 6.45) is 1.13. The van der Waals surface area contributed by atoms with E-state index in [1.54, 1.807) is 6.07 Å². The lowest BCUT2D eigenvalue weighted by atomic mass is 10.1. The summed E-state index contributed by atoms with van der Waals surface area (Å²) in [7, 11) is 2.14. The molecule has 1 heterocycles. The number of anilines is 2. The highest BCUT2D eigenvalue weighted by Crippen LogP contribution is 2.28. The van der Waals surface area contributed by atoms with E-state index >= 15 is 0 Å². The molecule has 1 aliphatic rings. The van der Waals surface area contributed by atoms with Crippen LogP contribution in [0.3, 0.4) is 0 Å². The Balaban J connectivity index is 1.71. The molecule has 0 fully saturated rings. The van der Waals surface area contributed by atoms with Crippen LogP contribution >= 0.6 is 0 Å². The van der Waals surface area contributed by atoms with Gasteiger partial charge in [-0.15, -0.1) is 0 Å². The number of fused-ring (bicyclic) bond motifs is 1. The Morgan fingerprint density at radius 1 is 1.20 bits per heavy atom. The van der Waals surface area contributed by atoms with E-state index in [-0.39, 0.29) is 0 Å². The molecule has 2 N–H and O–H groups in total. The monoisotopic (exact) mass is 268 g/mol. The molecule has 20 heavy (non-hydrogen) atoms. The van der Waals surface area contributed by atoms with E-state index in [1.807, 2.05) is 19.1 Å². The van der Waals surface area contributed by atoms with E-state index in [1.165, 1.54) is 16.8 Å². The molecule has 104 valence electrons. The summed E-state index contributed by atoms with van der Waals surface area (Å²) in [6, 6.07) is 12.3. The fourth-order valence-electron chi connectivity index (χ4n) is 2.65. The van der Waals surface area contributed by atoms with Crippen LogP contribution in [0.15, 0.2) is 36.4 Å². The average molecular weight is 268 g/mol. The molecule has 0 saturated carbocycles. The summed E-state index contributed by atoms with van der Waals surface area (Å²) < 4.78 is 0. The zero-order valence-electron chi connectivity index (χ0n) is 12.0. The zero-order valence-corrected chi connectivity index (χ0v) is 12.0. The van der Waals surface area contributed by atoms with Crippen LogP contribution in [0.25, 0.3) is 0 Å². The van der Waals surface area contributed by atoms with Gasteiger partial charge in [0.15, 0.2) is 0 Å². The van der Waals surface area contributed by atoms with Crippen molar-refractivity contribution in [1.29, 1.82) is 0 Å². The molecule has 2 aromatic rings. The number of phenols is 1. The second kappa shape index (κ2) is 5.08. The van der Waals surface area contributed by atoms with Crippen LogP contribution in [0.5, 0.6) is 5.75 Å². The number of hydrogen-bond donors (Lipinski definition) is 2. The minimum absolute atomic E-state index is 0.338. The first-order chi connectivity index (χ1) is 9.63. The maximum Gasteiger partial charge on any atom is 0.120 e. The number of aromatic hydroxyl groups is 1. The number of rotatable bonds is 3. The highest BCUT2D eigenvalue weighted by Gasteiger charge is 2.15. The van der Waals surface area contributed by atoms with Gasteiger partial charge in [-0.2, -0.15) is 0 Å². The number of nitrogens with zero attached hydrogens (tertiary/aromatic N) is 1. The van der Waals surface area contributed by atoms with E-state index in [0.29, 0.717) is 5.75 Å². The summed E-state index contributed by atoms with van der Waals surface area (Å²) in [5, 5.41) is 13.1. The number of phenolic OH excluding ortho intramolecular Hbond substituents is 1. The smallest absolute Gasteiger partial charge is 0.120 e. The molecule has 3 nitrogen and oxygen atoms in total. The highest BCUT2D eigenvalue weighted by atomic mass is 16.3. The zero-order chi connectivity index (χ0) is 14.1. The van der Waals surface area contributed by atoms with Crippen molar-refractivity contribution in [3.8, 4) is 5.75 Å². The molecule has 0 spiro atoms. The standard InChI is InChI=1S/C17H20N2O/c1-12-3-5-15(10-17(12)20)18-11-13-4-6-16-14(9-13)7-8-19(16)2/h3-6,9-10,18,20H,7-8,11H2,1-2H3. The van der Waals surface area contributed by atoms with E-state index in [4.69, 9.17) is 0 Å². The maximum absolute atomic E-state index is 9.71. The first-order valence-corrected chi connectivity index (χ1v) is 7.00. The third-order valence-corrected chi connectivity index (χ3v) is 3.98. The Labute approximate surface area is 119 Å². The lowest BCUT2D eigenvalue weighted by Gasteiger charge is -2.13. The van der Waals surface area contributed by atoms with Crippen molar-refractivity contribution in [2.45, 2.75) is 19.9 Å². The van der Waals surface area contributed by atoms with Crippen LogP contribution in [0, 0.1) is 6.92 Å². The minimum Gasteiger partial charge on any atom is -0.508 e. The van der Waals surface area contributed by atoms with E-state index in [0.717, 1.165) is 30.8 Å². The normalized spacial score (nSPS) is 13.4. The van der Waals surface area contributed by atoms with Gasteiger partial charge in [0.1, 0.15) is 5.75 Å². The second-order valence-corrected chi connectivity index (χ2v) is 5.49. The summed E-state index contributed by atoms with van der Waals surface area (Å²) in [5.74, 6) is 0.338. The SMILES string of the molecule is Cc1ccc(NCc2ccc3c(c2)CCN3C)cc1O. The van der Waals surface area contributed by atoms with Crippen molar-refractivity contribution in [3.05, 3.63) is 53.1 Å². The van der Waals surface area contributed by atoms with Gasteiger partial charge in [0.25, 0.3) is 0 Å². The van der Waals surface area contributed by atoms with Crippen LogP contribution in [0.4, 0.5) is 11.4 Å². The molecule has 0 saturated heterocycles. The largest absolute Gasteiger partial charge is 0.508 e. The Bertz CT molecular complexity index is 637. The number of hydrogen-bond acceptors (Lipinski definition) is 3. The molecular weight excluding hydrogens is 248 g/mol. The third kappa shape index (κ3) is 2.44. The fraction of sp³-hybridized carbons (Fsp3) is 0.294. The lowest BCUT2D eigenvalue weighted by Crippen LogP contribution is -2.12. The van der Waals surface area contributed by atoms with Crippen molar-refractivity contribution < 1.29 is 5.11 Å². The Morgan fingerprint density at radius 2 is 2.05 bits per heavy atom. The molecule has 2 aromatic carbocycles. The summed E-state index contributed by atoms with van der Waals surface area (Å²) >= 11 is 0. The van der Waals surface area contributed by atoms with E-state index in [9.17, 15) is 5.11 Å². The molecule has 0 amide bonds. The number of likely N-dealkylation sites (N-methyl/N-ethyl adjacent to an activating group) is 1. The van der Waals surface area contributed by atoms with Crippen LogP contribution in [0.2, 0.25) is 0 Å². The van der Waals surface area contributed by atoms with Gasteiger partial charge < -0.3 is 15.3 Å². The lowest BCUT2D eigenvalue weighted by molar-refractivity contribution is 0.471. The molecular formula is C17H20N2O. The second-order valence-electron chi connectivity index (χ2n) is 5.49. The minimum atomic E-state index is 0.338. The highest BCUT2D eigenvalue weighted by molar-refractivity contribution is 5.59. The van der Waals surface area contributed by atoms with Crippen LogP contribution < -0.4 is 10.2 Å². The molecule has 0 atom stereocenters. The Hall–Kier alpha value is -2.16. The fourth-order valence-corrected chi connectivity index (χ4v) is 2.65. The summed E-state index contributed by atoms with van der Waals surface area (Å²) in [5.41, 5.74) is 5.90. The van der Waals surface area contributed by atoms with Gasteiger partial charge in [-0.05, 0) is 42.2 Å². The van der Waals surface area contributed by atoms with Gasteiger partial charge in [-0.1, -0.05) is 18.2 Å². The Morgan fingerprint density at radius 3 is 2.85 bits per heavy atom. The Kier molecular flexibility index (Phi) is 3.26. The third-order valence-electron chi connectivity index (χ3n) is 3.98. The molecule has 3 rings (SSSR count). The van der Waals surface area contributed by atoms with Gasteiger partial charge >= 0.3 is 0 Å². The first kappa shape index (κ1) is 12.9. The summed E-state index contributed by atoms with van der Waals surface area (Å²) in [6.45, 7) is 3.79. The molecule has 0 aromatic heterocycles. The quantitative estimate of drug-likeness (QED) is 0.896. The van der Waals surface area contributed by atoms with Crippen molar-refractivity contribution >= 4 is 11.4 Å². The van der Waals surface area contributed by atoms with Crippen LogP contribution in [-0.4, -0.2) is 18.7 Å². The van der Waals surface area contributed by atoms with Crippen LogP contribution in [0.1, 0.15) is 16.7 Å². The summed E-state index contributed by atoms with van der Waals surface area (Å²) in [4.78, 5) is 2.30. The topological polar surface area (TPSA) is 35.5 Å². The van der Waals surface area contributed by atoms with Gasteiger partial charge in [-0.25, -0.2) is 0 Å². The van der Waals surface area contributed by atoms with Crippen LogP contribution in [-0.2, 0) is 13.0 Å². The predicted octanol–water partition coefficient (Wildman–Crippen LogP) is 3.31. The number of benzene rings is 2. The number of nitrogens with one attached hydrogen (secondary N) is 1. The average Bonchev–Trinajstić information content (AvgIpc) is 2.81. The van der Waals surface area contributed by atoms with Gasteiger partial charge in [0.2, 0.25) is 0 Å². The maximum atomic E-state index is 9.71. The van der Waals surface area contributed by atoms with Crippen molar-refractivity contribution in [2.75, 3.05) is 23.8 Å². The molecule has 3 heteroatoms. The van der Waals surface area contributed by atoms with Gasteiger partial charge in [0, 0.05) is 37.6 Å². The molecule has 0 radical (unpaired) electrons. The molecule has 0 aliphatic carbocycles. The molecule has 0 bridgehead atoms.